The predicted octanol–water partition coefficient (Wildman–Crippen LogP) is 1.97. The molecule has 0 aromatic carbocycles. The first-order valence-electron chi connectivity index (χ1n) is 12.6. The monoisotopic (exact) mass is 506 g/mol. The normalized spacial score (nSPS) is 28.3. The molecule has 11 heteroatoms. The number of hydrogen-bond acceptors (Lipinski definition) is 9. The maximum atomic E-state index is 13.2. The fourth-order valence-electron chi connectivity index (χ4n) is 6.11. The number of carbonyl (C=O) groups excluding carboxylic acids is 1. The number of piperazine rings is 1. The van der Waals surface area contributed by atoms with E-state index in [9.17, 15) is 14.3 Å². The van der Waals surface area contributed by atoms with E-state index in [1.165, 1.54) is 5.56 Å². The predicted molar refractivity (Wildman–Crippen MR) is 135 cm³/mol. The number of hydrogen-bond donors (Lipinski definition) is 0. The second-order valence-electron chi connectivity index (χ2n) is 10.8. The molecule has 2 aromatic heterocycles. The minimum Gasteiger partial charge on any atom is -0.352 e. The number of rotatable bonds is 3. The summed E-state index contributed by atoms with van der Waals surface area (Å²) >= 11 is 0. The van der Waals surface area contributed by atoms with Crippen molar-refractivity contribution in [2.75, 3.05) is 41.7 Å². The second-order valence-corrected chi connectivity index (χ2v) is 12.8. The van der Waals surface area contributed by atoms with Crippen LogP contribution in [-0.2, 0) is 21.0 Å². The lowest BCUT2D eigenvalue weighted by atomic mass is 9.66. The van der Waals surface area contributed by atoms with Gasteiger partial charge < -0.3 is 14.7 Å². The van der Waals surface area contributed by atoms with Gasteiger partial charge in [-0.15, -0.1) is 10.2 Å². The van der Waals surface area contributed by atoms with E-state index in [4.69, 9.17) is 9.97 Å². The van der Waals surface area contributed by atoms with Gasteiger partial charge in [0.2, 0.25) is 5.91 Å². The number of carbonyl (C=O) groups is 1. The lowest BCUT2D eigenvalue weighted by Gasteiger charge is -2.47. The van der Waals surface area contributed by atoms with Crippen LogP contribution >= 0.6 is 0 Å². The highest BCUT2D eigenvalue weighted by atomic mass is 32.2. The molecule has 3 atom stereocenters. The van der Waals surface area contributed by atoms with Crippen molar-refractivity contribution in [2.45, 2.75) is 62.7 Å². The molecule has 1 saturated carbocycles. The summed E-state index contributed by atoms with van der Waals surface area (Å²) in [6, 6.07) is 3.99. The molecule has 1 aliphatic carbocycles. The van der Waals surface area contributed by atoms with Crippen molar-refractivity contribution in [1.29, 1.82) is 5.26 Å². The highest BCUT2D eigenvalue weighted by Crippen LogP contribution is 2.56. The minimum atomic E-state index is -1.08. The molecular weight excluding hydrogens is 476 g/mol. The second kappa shape index (κ2) is 8.20. The number of aryl methyl sites for hydroxylation is 1. The third-order valence-corrected chi connectivity index (χ3v) is 10.6. The van der Waals surface area contributed by atoms with E-state index in [2.05, 4.69) is 33.0 Å². The Balaban J connectivity index is 1.31. The quantitative estimate of drug-likeness (QED) is 0.615. The van der Waals surface area contributed by atoms with Crippen molar-refractivity contribution in [1.82, 2.24) is 25.1 Å². The molecule has 1 spiro atoms. The van der Waals surface area contributed by atoms with E-state index in [1.807, 2.05) is 24.8 Å². The summed E-state index contributed by atoms with van der Waals surface area (Å²) in [6.07, 6.45) is 5.61. The molecule has 2 aromatic rings. The average Bonchev–Trinajstić information content (AvgIpc) is 3.23. The Labute approximate surface area is 213 Å². The van der Waals surface area contributed by atoms with Crippen LogP contribution in [0.4, 0.5) is 17.5 Å². The van der Waals surface area contributed by atoms with Gasteiger partial charge in [-0.1, -0.05) is 6.42 Å². The van der Waals surface area contributed by atoms with Crippen LogP contribution in [0.3, 0.4) is 0 Å². The van der Waals surface area contributed by atoms with Crippen LogP contribution < -0.4 is 9.80 Å². The molecule has 36 heavy (non-hydrogen) atoms. The van der Waals surface area contributed by atoms with Crippen LogP contribution in [0.1, 0.15) is 56.4 Å². The summed E-state index contributed by atoms with van der Waals surface area (Å²) < 4.78 is 11.5. The van der Waals surface area contributed by atoms with Gasteiger partial charge in [0.05, 0.1) is 0 Å². The molecule has 6 rings (SSSR count). The van der Waals surface area contributed by atoms with E-state index in [0.29, 0.717) is 43.3 Å². The molecule has 5 heterocycles. The molecule has 188 valence electrons. The van der Waals surface area contributed by atoms with E-state index in [1.54, 1.807) is 6.33 Å². The molecule has 1 amide bonds. The summed E-state index contributed by atoms with van der Waals surface area (Å²) in [7, 11) is -1.08. The maximum Gasteiger partial charge on any atom is 0.241 e. The molecule has 0 N–H and O–H groups in total. The lowest BCUT2D eigenvalue weighted by Crippen LogP contribution is -2.63. The molecule has 4 aliphatic rings. The van der Waals surface area contributed by atoms with Crippen LogP contribution in [0.5, 0.6) is 0 Å². The summed E-state index contributed by atoms with van der Waals surface area (Å²) in [6.45, 7) is 8.48. The molecule has 10 nitrogen and oxygen atoms in total. The SMILES string of the molecule is Cc1cc(N2CC3(CCC3)c3c(N4CCN(C(=O)C5(C)CCS5=O)C(C)C4)ncnc32)nnc1C#N. The Morgan fingerprint density at radius 1 is 1.19 bits per heavy atom. The third-order valence-electron chi connectivity index (χ3n) is 8.63. The number of fused-ring (bicyclic) bond motifs is 2. The van der Waals surface area contributed by atoms with Crippen LogP contribution in [0.25, 0.3) is 0 Å². The zero-order chi connectivity index (χ0) is 25.2. The Bertz CT molecular complexity index is 1320. The fraction of sp³-hybridized carbons (Fsp3) is 0.600. The fourth-order valence-corrected chi connectivity index (χ4v) is 7.40. The molecular formula is C25H30N8O2S. The van der Waals surface area contributed by atoms with Crippen molar-refractivity contribution >= 4 is 34.2 Å². The van der Waals surface area contributed by atoms with Gasteiger partial charge in [0, 0.05) is 59.8 Å². The summed E-state index contributed by atoms with van der Waals surface area (Å²) in [4.78, 5) is 29.0. The van der Waals surface area contributed by atoms with Gasteiger partial charge in [0.1, 0.15) is 28.8 Å². The zero-order valence-corrected chi connectivity index (χ0v) is 21.7. The van der Waals surface area contributed by atoms with Crippen LogP contribution in [0.15, 0.2) is 12.4 Å². The Kier molecular flexibility index (Phi) is 5.30. The third kappa shape index (κ3) is 3.26. The van der Waals surface area contributed by atoms with Crippen molar-refractivity contribution in [3.05, 3.63) is 29.2 Å². The van der Waals surface area contributed by atoms with Gasteiger partial charge in [0.25, 0.3) is 0 Å². The van der Waals surface area contributed by atoms with Gasteiger partial charge in [-0.25, -0.2) is 9.97 Å². The molecule has 0 radical (unpaired) electrons. The number of nitrogens with zero attached hydrogens (tertiary/aromatic N) is 8. The van der Waals surface area contributed by atoms with Crippen molar-refractivity contribution in [3.63, 3.8) is 0 Å². The van der Waals surface area contributed by atoms with Gasteiger partial charge in [-0.2, -0.15) is 5.26 Å². The minimum absolute atomic E-state index is 0.00632. The average molecular weight is 507 g/mol. The zero-order valence-electron chi connectivity index (χ0n) is 20.9. The van der Waals surface area contributed by atoms with Crippen molar-refractivity contribution in [2.24, 2.45) is 0 Å². The summed E-state index contributed by atoms with van der Waals surface area (Å²) in [5.74, 6) is 3.14. The number of nitriles is 1. The number of anilines is 3. The highest BCUT2D eigenvalue weighted by Gasteiger charge is 2.53. The van der Waals surface area contributed by atoms with Gasteiger partial charge in [0.15, 0.2) is 11.5 Å². The summed E-state index contributed by atoms with van der Waals surface area (Å²) in [5, 5.41) is 17.7. The lowest BCUT2D eigenvalue weighted by molar-refractivity contribution is -0.136. The van der Waals surface area contributed by atoms with Crippen LogP contribution in [-0.4, -0.2) is 77.9 Å². The summed E-state index contributed by atoms with van der Waals surface area (Å²) in [5.41, 5.74) is 2.27. The first kappa shape index (κ1) is 23.3. The smallest absolute Gasteiger partial charge is 0.241 e. The van der Waals surface area contributed by atoms with Gasteiger partial charge >= 0.3 is 0 Å². The Morgan fingerprint density at radius 3 is 2.56 bits per heavy atom. The molecule has 3 fully saturated rings. The van der Waals surface area contributed by atoms with Crippen LogP contribution in [0, 0.1) is 18.3 Å². The van der Waals surface area contributed by atoms with E-state index >= 15 is 0 Å². The highest BCUT2D eigenvalue weighted by molar-refractivity contribution is 7.88. The Hall–Kier alpha value is -3.13. The standard InChI is InChI=1S/C25H30N8O2S/c1-16-11-19(30-29-18(16)12-26)33-14-25(5-4-6-25)20-21(27-15-28-22(20)33)31-8-9-32(17(2)13-31)23(34)24(3)7-10-36(24)35/h11,15,17H,4-10,13-14H2,1-3H3. The molecule has 2 saturated heterocycles. The molecule has 3 unspecified atom stereocenters. The van der Waals surface area contributed by atoms with Gasteiger partial charge in [-0.3, -0.25) is 9.00 Å². The number of aromatic nitrogens is 4. The molecule has 3 aliphatic heterocycles. The molecule has 0 bridgehead atoms. The van der Waals surface area contributed by atoms with Crippen LogP contribution in [0.2, 0.25) is 0 Å². The maximum absolute atomic E-state index is 13.2. The largest absolute Gasteiger partial charge is 0.352 e. The topological polar surface area (TPSA) is 119 Å². The van der Waals surface area contributed by atoms with E-state index in [-0.39, 0.29) is 17.4 Å². The van der Waals surface area contributed by atoms with Crippen molar-refractivity contribution in [3.8, 4) is 6.07 Å². The van der Waals surface area contributed by atoms with E-state index < -0.39 is 15.5 Å². The van der Waals surface area contributed by atoms with Crippen molar-refractivity contribution < 1.29 is 9.00 Å². The Morgan fingerprint density at radius 2 is 1.97 bits per heavy atom. The van der Waals surface area contributed by atoms with E-state index in [0.717, 1.165) is 43.0 Å². The first-order chi connectivity index (χ1) is 17.3. The van der Waals surface area contributed by atoms with Gasteiger partial charge in [-0.05, 0) is 51.7 Å². The number of amides is 1. The first-order valence-corrected chi connectivity index (χ1v) is 13.9.